The molecular weight excluding hydrogens is 616 g/mol. The zero-order chi connectivity index (χ0) is 36.5. The highest BCUT2D eigenvalue weighted by Crippen LogP contribution is 2.26. The lowest BCUT2D eigenvalue weighted by molar-refractivity contribution is -0.169. The number of hydrogen-bond donors (Lipinski definition) is 0. The van der Waals surface area contributed by atoms with Crippen LogP contribution in [0.3, 0.4) is 0 Å². The molecule has 0 aliphatic rings. The highest BCUT2D eigenvalue weighted by Gasteiger charge is 2.40. The molecule has 0 aromatic carbocycles. The summed E-state index contributed by atoms with van der Waals surface area (Å²) in [6.45, 7) is 25.0. The molecule has 0 spiro atoms. The number of hydrogen-bond acceptors (Lipinski definition) is 13. The Morgan fingerprint density at radius 3 is 0.723 bits per heavy atom. The molecule has 13 nitrogen and oxygen atoms in total. The minimum absolute atomic E-state index is 0.422. The summed E-state index contributed by atoms with van der Waals surface area (Å²) in [7, 11) is 0. The standard InChI is InChI=1S/C28H34O13.C6H14/c1-7-21(29)36-15-27(16-37-22(30)8-2,17-38-23(31)9-3)13-35-14-28(18-39-24(32)10-4,19-40-25(33)11-5)20-41-26(34)12-6;1-5-6(2,3)4/h7-12H,1-6,13-20H2;5H2,1-4H3. The van der Waals surface area contributed by atoms with Gasteiger partial charge in [-0.05, 0) is 5.41 Å². The molecule has 0 rings (SSSR count). The highest BCUT2D eigenvalue weighted by molar-refractivity contribution is 5.83. The average Bonchev–Trinajstić information content (AvgIpc) is 3.07. The first kappa shape index (κ1) is 44.3. The van der Waals surface area contributed by atoms with Gasteiger partial charge in [-0.1, -0.05) is 73.6 Å². The fraction of sp³-hybridized carbons (Fsp3) is 0.471. The van der Waals surface area contributed by atoms with Gasteiger partial charge in [0, 0.05) is 36.5 Å². The Morgan fingerprint density at radius 1 is 0.426 bits per heavy atom. The summed E-state index contributed by atoms with van der Waals surface area (Å²) < 4.78 is 36.7. The van der Waals surface area contributed by atoms with Crippen LogP contribution in [0.4, 0.5) is 0 Å². The number of rotatable bonds is 22. The van der Waals surface area contributed by atoms with Gasteiger partial charge in [0.05, 0.1) is 24.0 Å². The van der Waals surface area contributed by atoms with Gasteiger partial charge in [-0.2, -0.15) is 0 Å². The number of carbonyl (C=O) groups is 6. The van der Waals surface area contributed by atoms with Gasteiger partial charge in [-0.15, -0.1) is 0 Å². The average molecular weight is 665 g/mol. The van der Waals surface area contributed by atoms with Gasteiger partial charge in [0.25, 0.3) is 0 Å². The molecule has 0 heterocycles. The first-order valence-electron chi connectivity index (χ1n) is 14.3. The van der Waals surface area contributed by atoms with Crippen molar-refractivity contribution >= 4 is 35.8 Å². The van der Waals surface area contributed by atoms with Gasteiger partial charge < -0.3 is 33.2 Å². The molecule has 0 aromatic rings. The van der Waals surface area contributed by atoms with Gasteiger partial charge in [0.1, 0.15) is 39.6 Å². The topological polar surface area (TPSA) is 167 Å². The quantitative estimate of drug-likeness (QED) is 0.0932. The maximum atomic E-state index is 11.8. The lowest BCUT2D eigenvalue weighted by Gasteiger charge is -2.35. The maximum Gasteiger partial charge on any atom is 0.330 e. The Bertz CT molecular complexity index is 928. The van der Waals surface area contributed by atoms with E-state index in [2.05, 4.69) is 67.2 Å². The van der Waals surface area contributed by atoms with Crippen LogP contribution in [0.5, 0.6) is 0 Å². The third-order valence-corrected chi connectivity index (χ3v) is 6.00. The molecule has 0 saturated carbocycles. The SMILES string of the molecule is C=CC(=O)OCC(COCC(COC(=O)C=C)(COC(=O)C=C)COC(=O)C=C)(COC(=O)C=C)COC(=O)C=C.CCC(C)(C)C. The second-order valence-electron chi connectivity index (χ2n) is 11.3. The third-order valence-electron chi connectivity index (χ3n) is 6.00. The number of carbonyl (C=O) groups excluding carboxylic acids is 6. The van der Waals surface area contributed by atoms with Crippen molar-refractivity contribution in [1.82, 2.24) is 0 Å². The van der Waals surface area contributed by atoms with Gasteiger partial charge in [0.2, 0.25) is 0 Å². The van der Waals surface area contributed by atoms with E-state index in [-0.39, 0.29) is 0 Å². The number of esters is 6. The van der Waals surface area contributed by atoms with Crippen LogP contribution in [0.15, 0.2) is 75.9 Å². The third kappa shape index (κ3) is 21.6. The molecule has 0 aliphatic carbocycles. The molecule has 0 fully saturated rings. The Labute approximate surface area is 276 Å². The fourth-order valence-electron chi connectivity index (χ4n) is 2.68. The Balaban J connectivity index is 0. The molecule has 0 atom stereocenters. The lowest BCUT2D eigenvalue weighted by Crippen LogP contribution is -2.47. The van der Waals surface area contributed by atoms with Crippen molar-refractivity contribution in [3.63, 3.8) is 0 Å². The van der Waals surface area contributed by atoms with E-state index in [9.17, 15) is 28.8 Å². The smallest absolute Gasteiger partial charge is 0.330 e. The van der Waals surface area contributed by atoms with Crippen molar-refractivity contribution in [1.29, 1.82) is 0 Å². The molecule has 13 heteroatoms. The second kappa shape index (κ2) is 23.5. The van der Waals surface area contributed by atoms with Crippen molar-refractivity contribution in [3.8, 4) is 0 Å². The van der Waals surface area contributed by atoms with Crippen molar-refractivity contribution in [2.24, 2.45) is 16.2 Å². The molecule has 0 aliphatic heterocycles. The van der Waals surface area contributed by atoms with Crippen LogP contribution in [0, 0.1) is 16.2 Å². The van der Waals surface area contributed by atoms with Crippen LogP contribution < -0.4 is 0 Å². The van der Waals surface area contributed by atoms with Gasteiger partial charge in [-0.25, -0.2) is 28.8 Å². The highest BCUT2D eigenvalue weighted by atomic mass is 16.6. The predicted molar refractivity (Wildman–Crippen MR) is 172 cm³/mol. The first-order valence-corrected chi connectivity index (χ1v) is 14.3. The van der Waals surface area contributed by atoms with Gasteiger partial charge >= 0.3 is 35.8 Å². The summed E-state index contributed by atoms with van der Waals surface area (Å²) in [5, 5.41) is 0. The second-order valence-corrected chi connectivity index (χ2v) is 11.3. The maximum absolute atomic E-state index is 11.8. The first-order chi connectivity index (χ1) is 22.0. The van der Waals surface area contributed by atoms with Crippen molar-refractivity contribution in [2.75, 3.05) is 52.9 Å². The van der Waals surface area contributed by atoms with E-state index in [0.717, 1.165) is 36.5 Å². The molecule has 0 bridgehead atoms. The predicted octanol–water partition coefficient (Wildman–Crippen LogP) is 3.79. The Morgan fingerprint density at radius 2 is 0.596 bits per heavy atom. The summed E-state index contributed by atoms with van der Waals surface area (Å²) in [5.74, 6) is -5.01. The summed E-state index contributed by atoms with van der Waals surface area (Å²) in [6.07, 6.45) is 6.59. The Hall–Kier alpha value is -4.78. The molecule has 0 amide bonds. The minimum atomic E-state index is -1.49. The summed E-state index contributed by atoms with van der Waals surface area (Å²) in [5.41, 5.74) is -2.44. The molecular formula is C34H48O13. The fourth-order valence-corrected chi connectivity index (χ4v) is 2.68. The van der Waals surface area contributed by atoms with Crippen LogP contribution >= 0.6 is 0 Å². The van der Waals surface area contributed by atoms with Gasteiger partial charge in [-0.3, -0.25) is 0 Å². The van der Waals surface area contributed by atoms with Crippen molar-refractivity contribution in [3.05, 3.63) is 75.9 Å². The van der Waals surface area contributed by atoms with Crippen LogP contribution in [0.1, 0.15) is 34.1 Å². The zero-order valence-corrected chi connectivity index (χ0v) is 27.9. The lowest BCUT2D eigenvalue weighted by atomic mass is 9.90. The minimum Gasteiger partial charge on any atom is -0.462 e. The van der Waals surface area contributed by atoms with Crippen LogP contribution in [0.2, 0.25) is 0 Å². The van der Waals surface area contributed by atoms with E-state index >= 15 is 0 Å². The summed E-state index contributed by atoms with van der Waals surface area (Å²) >= 11 is 0. The summed E-state index contributed by atoms with van der Waals surface area (Å²) in [6, 6.07) is 0. The summed E-state index contributed by atoms with van der Waals surface area (Å²) in [4.78, 5) is 70.9. The van der Waals surface area contributed by atoms with Crippen molar-refractivity contribution < 1.29 is 61.9 Å². The molecule has 0 unspecified atom stereocenters. The van der Waals surface area contributed by atoms with E-state index < -0.39 is 99.5 Å². The van der Waals surface area contributed by atoms with Crippen LogP contribution in [-0.4, -0.2) is 88.7 Å². The molecule has 0 radical (unpaired) electrons. The van der Waals surface area contributed by atoms with E-state index in [1.165, 1.54) is 6.42 Å². The normalized spacial score (nSPS) is 10.7. The van der Waals surface area contributed by atoms with Gasteiger partial charge in [0.15, 0.2) is 0 Å². The molecule has 0 saturated heterocycles. The molecule has 0 N–H and O–H groups in total. The zero-order valence-electron chi connectivity index (χ0n) is 27.9. The van der Waals surface area contributed by atoms with Crippen LogP contribution in [-0.2, 0) is 61.9 Å². The van der Waals surface area contributed by atoms with Crippen molar-refractivity contribution in [2.45, 2.75) is 34.1 Å². The van der Waals surface area contributed by atoms with E-state index in [0.29, 0.717) is 5.41 Å². The van der Waals surface area contributed by atoms with E-state index in [1.54, 1.807) is 0 Å². The largest absolute Gasteiger partial charge is 0.462 e. The van der Waals surface area contributed by atoms with E-state index in [1.807, 2.05) is 0 Å². The van der Waals surface area contributed by atoms with E-state index in [4.69, 9.17) is 33.2 Å². The monoisotopic (exact) mass is 664 g/mol. The number of ether oxygens (including phenoxy) is 7. The molecule has 262 valence electrons. The molecule has 47 heavy (non-hydrogen) atoms. The Kier molecular flexibility index (Phi) is 22.2. The van der Waals surface area contributed by atoms with Crippen LogP contribution in [0.25, 0.3) is 0 Å². The molecule has 0 aromatic heterocycles.